The number of carbonyl (C=O) groups excluding carboxylic acids is 4. The normalized spacial score (nSPS) is 24.7. The summed E-state index contributed by atoms with van der Waals surface area (Å²) < 4.78 is 10.8. The topological polar surface area (TPSA) is 93.2 Å². The number of imide groups is 1. The molecule has 0 aromatic heterocycles. The molecule has 0 N–H and O–H groups in total. The highest BCUT2D eigenvalue weighted by molar-refractivity contribution is 6.23. The zero-order valence-corrected chi connectivity index (χ0v) is 23.9. The fourth-order valence-corrected chi connectivity index (χ4v) is 7.67. The van der Waals surface area contributed by atoms with Crippen molar-refractivity contribution in [2.45, 2.75) is 18.3 Å². The average Bonchev–Trinajstić information content (AvgIpc) is 3.58. The van der Waals surface area contributed by atoms with Crippen LogP contribution in [0.4, 0.5) is 11.4 Å². The lowest BCUT2D eigenvalue weighted by Gasteiger charge is -2.45. The van der Waals surface area contributed by atoms with Gasteiger partial charge in [0.05, 0.1) is 30.6 Å². The first-order valence-corrected chi connectivity index (χ1v) is 14.8. The lowest BCUT2D eigenvalue weighted by Crippen LogP contribution is -2.41. The van der Waals surface area contributed by atoms with Crippen LogP contribution in [0.15, 0.2) is 97.1 Å². The molecule has 2 fully saturated rings. The number of nitrogens with zero attached hydrogens (tertiary/aromatic N) is 2. The van der Waals surface area contributed by atoms with Crippen LogP contribution >= 0.6 is 0 Å². The lowest BCUT2D eigenvalue weighted by molar-refractivity contribution is -0.139. The molecule has 2 heterocycles. The number of hydrogen-bond acceptors (Lipinski definition) is 6. The fraction of sp³-hybridized carbons (Fsp3) is 0.222. The minimum atomic E-state index is -0.618. The zero-order chi connectivity index (χ0) is 30.1. The molecule has 0 unspecified atom stereocenters. The molecule has 8 nitrogen and oxygen atoms in total. The van der Waals surface area contributed by atoms with Crippen LogP contribution in [0.1, 0.15) is 40.5 Å². The SMILES string of the molecule is COc1ccc(N2C[C@H](C(=O)Oc3ccc(N4C(=O)[C@H]5C6c7ccccc7C(c7ccccc76)[C@@H]5C4=O)cc3)CC2=O)cc1. The van der Waals surface area contributed by atoms with Crippen LogP contribution in [0.3, 0.4) is 0 Å². The first kappa shape index (κ1) is 26.4. The standard InChI is InChI=1S/C36H28N2O6/c1-43-23-14-10-21(11-15-23)37-19-20(18-29(37)39)36(42)44-24-16-12-22(13-17-24)38-34(40)32-30-25-6-2-3-7-26(25)31(33(32)35(38)41)28-9-5-4-8-27(28)30/h2-17,20,30-33H,18-19H2,1H3/t20-,30?,31?,32+,33+/m1/s1. The van der Waals surface area contributed by atoms with Gasteiger partial charge in [-0.1, -0.05) is 48.5 Å². The number of methoxy groups -OCH3 is 1. The second-order valence-electron chi connectivity index (χ2n) is 11.8. The van der Waals surface area contributed by atoms with E-state index in [0.29, 0.717) is 17.1 Å². The third-order valence-electron chi connectivity index (χ3n) is 9.60. The van der Waals surface area contributed by atoms with E-state index in [4.69, 9.17) is 9.47 Å². The van der Waals surface area contributed by atoms with Crippen LogP contribution in [0.2, 0.25) is 0 Å². The molecule has 0 radical (unpaired) electrons. The molecule has 218 valence electrons. The zero-order valence-electron chi connectivity index (χ0n) is 23.9. The average molecular weight is 585 g/mol. The van der Waals surface area contributed by atoms with E-state index in [1.54, 1.807) is 60.5 Å². The first-order chi connectivity index (χ1) is 21.4. The molecule has 4 aromatic carbocycles. The molecular formula is C36H28N2O6. The van der Waals surface area contributed by atoms with Crippen molar-refractivity contribution in [1.82, 2.24) is 0 Å². The van der Waals surface area contributed by atoms with E-state index in [2.05, 4.69) is 24.3 Å². The van der Waals surface area contributed by atoms with Gasteiger partial charge >= 0.3 is 5.97 Å². The molecular weight excluding hydrogens is 556 g/mol. The third-order valence-corrected chi connectivity index (χ3v) is 9.60. The molecule has 3 amide bonds. The molecule has 44 heavy (non-hydrogen) atoms. The summed E-state index contributed by atoms with van der Waals surface area (Å²) in [5, 5.41) is 0. The summed E-state index contributed by atoms with van der Waals surface area (Å²) in [6.45, 7) is 0.217. The number of ether oxygens (including phenoxy) is 2. The number of rotatable bonds is 5. The van der Waals surface area contributed by atoms with Crippen molar-refractivity contribution >= 4 is 35.1 Å². The Morgan fingerprint density at radius 1 is 0.659 bits per heavy atom. The summed E-state index contributed by atoms with van der Waals surface area (Å²) in [6, 6.07) is 29.9. The maximum absolute atomic E-state index is 14.0. The minimum absolute atomic E-state index is 0.0512. The van der Waals surface area contributed by atoms with Crippen molar-refractivity contribution < 1.29 is 28.7 Å². The largest absolute Gasteiger partial charge is 0.497 e. The van der Waals surface area contributed by atoms with Gasteiger partial charge in [0.15, 0.2) is 0 Å². The van der Waals surface area contributed by atoms with E-state index in [-0.39, 0.29) is 48.3 Å². The van der Waals surface area contributed by atoms with Crippen LogP contribution < -0.4 is 19.3 Å². The summed E-state index contributed by atoms with van der Waals surface area (Å²) >= 11 is 0. The molecule has 5 aliphatic rings. The first-order valence-electron chi connectivity index (χ1n) is 14.8. The van der Waals surface area contributed by atoms with Gasteiger partial charge in [0.25, 0.3) is 0 Å². The van der Waals surface area contributed by atoms with Crippen LogP contribution in [-0.2, 0) is 19.2 Å². The maximum Gasteiger partial charge on any atom is 0.316 e. The van der Waals surface area contributed by atoms with Crippen molar-refractivity contribution in [2.24, 2.45) is 17.8 Å². The fourth-order valence-electron chi connectivity index (χ4n) is 7.67. The quantitative estimate of drug-likeness (QED) is 0.185. The predicted molar refractivity (Wildman–Crippen MR) is 162 cm³/mol. The van der Waals surface area contributed by atoms with Gasteiger partial charge in [-0.3, -0.25) is 19.2 Å². The highest BCUT2D eigenvalue weighted by atomic mass is 16.5. The summed E-state index contributed by atoms with van der Waals surface area (Å²) in [6.07, 6.45) is 0.0512. The molecule has 9 rings (SSSR count). The molecule has 8 heteroatoms. The van der Waals surface area contributed by atoms with Crippen LogP contribution in [0.5, 0.6) is 11.5 Å². The number of esters is 1. The van der Waals surface area contributed by atoms with Crippen LogP contribution in [-0.4, -0.2) is 37.3 Å². The Morgan fingerprint density at radius 2 is 1.14 bits per heavy atom. The highest BCUT2D eigenvalue weighted by Crippen LogP contribution is 2.61. The van der Waals surface area contributed by atoms with Gasteiger partial charge in [-0.05, 0) is 70.8 Å². The Labute approximate surface area is 253 Å². The van der Waals surface area contributed by atoms with Gasteiger partial charge < -0.3 is 14.4 Å². The van der Waals surface area contributed by atoms with Gasteiger partial charge in [-0.15, -0.1) is 0 Å². The Hall–Kier alpha value is -5.24. The number of amides is 3. The summed E-state index contributed by atoms with van der Waals surface area (Å²) in [5.41, 5.74) is 5.63. The monoisotopic (exact) mass is 584 g/mol. The number of anilines is 2. The van der Waals surface area contributed by atoms with Gasteiger partial charge in [0.1, 0.15) is 11.5 Å². The highest BCUT2D eigenvalue weighted by Gasteiger charge is 2.61. The Morgan fingerprint density at radius 3 is 1.64 bits per heavy atom. The lowest BCUT2D eigenvalue weighted by atomic mass is 9.55. The third kappa shape index (κ3) is 3.83. The molecule has 3 aliphatic carbocycles. The van der Waals surface area contributed by atoms with Crippen molar-refractivity contribution in [2.75, 3.05) is 23.5 Å². The van der Waals surface area contributed by atoms with Gasteiger partial charge in [-0.25, -0.2) is 4.90 Å². The van der Waals surface area contributed by atoms with E-state index < -0.39 is 23.7 Å². The van der Waals surface area contributed by atoms with Crippen LogP contribution in [0.25, 0.3) is 0 Å². The van der Waals surface area contributed by atoms with Crippen molar-refractivity contribution in [3.8, 4) is 11.5 Å². The van der Waals surface area contributed by atoms with Gasteiger partial charge in [0.2, 0.25) is 17.7 Å². The van der Waals surface area contributed by atoms with Crippen LogP contribution in [0, 0.1) is 17.8 Å². The summed E-state index contributed by atoms with van der Waals surface area (Å²) in [5.74, 6) is -2.01. The smallest absolute Gasteiger partial charge is 0.316 e. The van der Waals surface area contributed by atoms with E-state index in [1.165, 1.54) is 4.90 Å². The maximum atomic E-state index is 14.0. The molecule has 0 saturated carbocycles. The summed E-state index contributed by atoms with van der Waals surface area (Å²) in [4.78, 5) is 56.5. The van der Waals surface area contributed by atoms with Gasteiger partial charge in [0, 0.05) is 30.5 Å². The summed E-state index contributed by atoms with van der Waals surface area (Å²) in [7, 11) is 1.57. The predicted octanol–water partition coefficient (Wildman–Crippen LogP) is 5.05. The molecule has 4 aromatic rings. The Balaban J connectivity index is 1.01. The van der Waals surface area contributed by atoms with E-state index in [1.807, 2.05) is 24.3 Å². The van der Waals surface area contributed by atoms with Crippen molar-refractivity contribution in [3.05, 3.63) is 119 Å². The Bertz CT molecular complexity index is 1730. The number of carbonyl (C=O) groups is 4. The second-order valence-corrected chi connectivity index (χ2v) is 11.8. The minimum Gasteiger partial charge on any atom is -0.497 e. The van der Waals surface area contributed by atoms with E-state index in [0.717, 1.165) is 22.3 Å². The number of benzene rings is 4. The number of hydrogen-bond donors (Lipinski definition) is 0. The molecule has 2 bridgehead atoms. The van der Waals surface area contributed by atoms with E-state index in [9.17, 15) is 19.2 Å². The van der Waals surface area contributed by atoms with Crippen molar-refractivity contribution in [3.63, 3.8) is 0 Å². The molecule has 2 aliphatic heterocycles. The second kappa shape index (κ2) is 9.91. The Kier molecular flexibility index (Phi) is 5.94. The molecule has 2 saturated heterocycles. The molecule has 0 spiro atoms. The van der Waals surface area contributed by atoms with Crippen molar-refractivity contribution in [1.29, 1.82) is 0 Å². The van der Waals surface area contributed by atoms with Gasteiger partial charge in [-0.2, -0.15) is 0 Å². The molecule has 3 atom stereocenters. The van der Waals surface area contributed by atoms with E-state index >= 15 is 0 Å².